The summed E-state index contributed by atoms with van der Waals surface area (Å²) in [5, 5.41) is 0. The van der Waals surface area contributed by atoms with E-state index in [9.17, 15) is 13.2 Å². The number of benzene rings is 2. The van der Waals surface area contributed by atoms with E-state index in [2.05, 4.69) is 0 Å². The van der Waals surface area contributed by atoms with Gasteiger partial charge in [-0.25, -0.2) is 8.42 Å². The first-order valence-corrected chi connectivity index (χ1v) is 9.46. The lowest BCUT2D eigenvalue weighted by atomic mass is 10.0. The summed E-state index contributed by atoms with van der Waals surface area (Å²) < 4.78 is 24.0. The minimum Gasteiger partial charge on any atom is -0.333 e. The number of hydrogen-bond donors (Lipinski definition) is 0. The summed E-state index contributed by atoms with van der Waals surface area (Å²) in [5.74, 6) is 0.00830. The highest BCUT2D eigenvalue weighted by Crippen LogP contribution is 2.27. The lowest BCUT2D eigenvalue weighted by molar-refractivity contribution is -0.132. The minimum atomic E-state index is -3.11. The molecular formula is C18H19NO3S. The van der Waals surface area contributed by atoms with Gasteiger partial charge in [-0.2, -0.15) is 0 Å². The Kier molecular flexibility index (Phi) is 4.48. The van der Waals surface area contributed by atoms with Gasteiger partial charge in [0.1, 0.15) is 0 Å². The topological polar surface area (TPSA) is 54.5 Å². The molecule has 1 fully saturated rings. The van der Waals surface area contributed by atoms with Crippen LogP contribution in [-0.4, -0.2) is 37.3 Å². The Labute approximate surface area is 136 Å². The zero-order valence-electron chi connectivity index (χ0n) is 12.8. The Balaban J connectivity index is 1.85. The molecule has 0 spiro atoms. The third kappa shape index (κ3) is 3.79. The van der Waals surface area contributed by atoms with Crippen LogP contribution in [0.3, 0.4) is 0 Å². The third-order valence-electron chi connectivity index (χ3n) is 4.13. The SMILES string of the molecule is O=C(Cc1ccccc1)N1CCS(=O)(=O)CC1c1ccccc1. The fourth-order valence-corrected chi connectivity index (χ4v) is 4.42. The number of nitrogens with zero attached hydrogens (tertiary/aromatic N) is 1. The molecule has 1 saturated heterocycles. The van der Waals surface area contributed by atoms with Crippen molar-refractivity contribution in [1.82, 2.24) is 4.90 Å². The Bertz CT molecular complexity index is 772. The van der Waals surface area contributed by atoms with Crippen LogP contribution in [0.25, 0.3) is 0 Å². The van der Waals surface area contributed by atoms with Gasteiger partial charge in [0.25, 0.3) is 0 Å². The summed E-state index contributed by atoms with van der Waals surface area (Å²) in [5.41, 5.74) is 1.81. The molecule has 5 heteroatoms. The first-order chi connectivity index (χ1) is 11.1. The van der Waals surface area contributed by atoms with Crippen molar-refractivity contribution in [2.75, 3.05) is 18.1 Å². The van der Waals surface area contributed by atoms with E-state index >= 15 is 0 Å². The molecule has 2 aromatic rings. The lowest BCUT2D eigenvalue weighted by Crippen LogP contribution is -2.46. The molecule has 0 bridgehead atoms. The third-order valence-corrected chi connectivity index (χ3v) is 5.76. The summed E-state index contributed by atoms with van der Waals surface area (Å²) in [7, 11) is -3.11. The van der Waals surface area contributed by atoms with Gasteiger partial charge in [0.2, 0.25) is 5.91 Å². The molecule has 4 nitrogen and oxygen atoms in total. The fraction of sp³-hybridized carbons (Fsp3) is 0.278. The van der Waals surface area contributed by atoms with Crippen LogP contribution in [0, 0.1) is 0 Å². The van der Waals surface area contributed by atoms with E-state index in [1.807, 2.05) is 60.7 Å². The maximum atomic E-state index is 12.7. The van der Waals surface area contributed by atoms with Crippen molar-refractivity contribution in [2.24, 2.45) is 0 Å². The minimum absolute atomic E-state index is 0.00244. The van der Waals surface area contributed by atoms with E-state index in [-0.39, 0.29) is 24.0 Å². The molecule has 0 saturated carbocycles. The van der Waals surface area contributed by atoms with E-state index in [1.165, 1.54) is 0 Å². The summed E-state index contributed by atoms with van der Waals surface area (Å²) in [6, 6.07) is 18.5. The first-order valence-electron chi connectivity index (χ1n) is 7.64. The molecule has 1 heterocycles. The molecule has 0 radical (unpaired) electrons. The molecular weight excluding hydrogens is 310 g/mol. The second-order valence-electron chi connectivity index (χ2n) is 5.79. The maximum absolute atomic E-state index is 12.7. The summed E-state index contributed by atoms with van der Waals surface area (Å²) in [6.07, 6.45) is 0.296. The van der Waals surface area contributed by atoms with E-state index in [1.54, 1.807) is 4.90 Å². The molecule has 1 aliphatic heterocycles. The zero-order valence-corrected chi connectivity index (χ0v) is 13.6. The van der Waals surface area contributed by atoms with Gasteiger partial charge in [0, 0.05) is 6.54 Å². The molecule has 0 aromatic heterocycles. The number of rotatable bonds is 3. The van der Waals surface area contributed by atoms with Crippen LogP contribution >= 0.6 is 0 Å². The number of carbonyl (C=O) groups is 1. The molecule has 23 heavy (non-hydrogen) atoms. The zero-order chi connectivity index (χ0) is 16.3. The average Bonchev–Trinajstić information content (AvgIpc) is 2.55. The average molecular weight is 329 g/mol. The van der Waals surface area contributed by atoms with Gasteiger partial charge in [-0.05, 0) is 11.1 Å². The standard InChI is InChI=1S/C18H19NO3S/c20-18(13-15-7-3-1-4-8-15)19-11-12-23(21,22)14-17(19)16-9-5-2-6-10-16/h1-10,17H,11-14H2. The molecule has 0 aliphatic carbocycles. The molecule has 1 amide bonds. The van der Waals surface area contributed by atoms with E-state index in [4.69, 9.17) is 0 Å². The van der Waals surface area contributed by atoms with Crippen molar-refractivity contribution >= 4 is 15.7 Å². The van der Waals surface area contributed by atoms with Gasteiger partial charge in [-0.3, -0.25) is 4.79 Å². The fourth-order valence-electron chi connectivity index (χ4n) is 2.93. The lowest BCUT2D eigenvalue weighted by Gasteiger charge is -2.36. The Morgan fingerprint density at radius 2 is 1.61 bits per heavy atom. The van der Waals surface area contributed by atoms with Crippen LogP contribution in [0.5, 0.6) is 0 Å². The number of amides is 1. The monoisotopic (exact) mass is 329 g/mol. The van der Waals surface area contributed by atoms with Crippen molar-refractivity contribution in [1.29, 1.82) is 0 Å². The Morgan fingerprint density at radius 1 is 1.00 bits per heavy atom. The molecule has 0 N–H and O–H groups in total. The van der Waals surface area contributed by atoms with Crippen molar-refractivity contribution in [3.63, 3.8) is 0 Å². The molecule has 1 atom stereocenters. The summed E-state index contributed by atoms with van der Waals surface area (Å²) in [6.45, 7) is 0.258. The predicted molar refractivity (Wildman–Crippen MR) is 89.7 cm³/mol. The molecule has 120 valence electrons. The van der Waals surface area contributed by atoms with E-state index < -0.39 is 15.9 Å². The van der Waals surface area contributed by atoms with Gasteiger partial charge in [-0.1, -0.05) is 60.7 Å². The highest BCUT2D eigenvalue weighted by Gasteiger charge is 2.34. The first kappa shape index (κ1) is 15.7. The summed E-state index contributed by atoms with van der Waals surface area (Å²) >= 11 is 0. The van der Waals surface area contributed by atoms with Crippen LogP contribution in [-0.2, 0) is 21.1 Å². The molecule has 3 rings (SSSR count). The van der Waals surface area contributed by atoms with Crippen molar-refractivity contribution in [3.8, 4) is 0 Å². The molecule has 2 aromatic carbocycles. The van der Waals surface area contributed by atoms with Crippen molar-refractivity contribution in [3.05, 3.63) is 71.8 Å². The van der Waals surface area contributed by atoms with Gasteiger partial charge in [0.05, 0.1) is 24.0 Å². The predicted octanol–water partition coefficient (Wildman–Crippen LogP) is 2.23. The van der Waals surface area contributed by atoms with Crippen LogP contribution < -0.4 is 0 Å². The number of hydrogen-bond acceptors (Lipinski definition) is 3. The molecule has 1 unspecified atom stereocenters. The number of sulfone groups is 1. The van der Waals surface area contributed by atoms with Gasteiger partial charge < -0.3 is 4.90 Å². The quantitative estimate of drug-likeness (QED) is 0.868. The highest BCUT2D eigenvalue weighted by atomic mass is 32.2. The van der Waals surface area contributed by atoms with Gasteiger partial charge >= 0.3 is 0 Å². The van der Waals surface area contributed by atoms with Gasteiger partial charge in [-0.15, -0.1) is 0 Å². The summed E-state index contributed by atoms with van der Waals surface area (Å²) in [4.78, 5) is 14.4. The second kappa shape index (κ2) is 6.54. The normalized spacial score (nSPS) is 20.2. The number of carbonyl (C=O) groups excluding carboxylic acids is 1. The smallest absolute Gasteiger partial charge is 0.227 e. The van der Waals surface area contributed by atoms with Crippen LogP contribution in [0.4, 0.5) is 0 Å². The Morgan fingerprint density at radius 3 is 2.26 bits per heavy atom. The van der Waals surface area contributed by atoms with Crippen LogP contribution in [0.2, 0.25) is 0 Å². The largest absolute Gasteiger partial charge is 0.333 e. The van der Waals surface area contributed by atoms with E-state index in [0.717, 1.165) is 11.1 Å². The van der Waals surface area contributed by atoms with Crippen LogP contribution in [0.1, 0.15) is 17.2 Å². The second-order valence-corrected chi connectivity index (χ2v) is 8.02. The van der Waals surface area contributed by atoms with Crippen molar-refractivity contribution in [2.45, 2.75) is 12.5 Å². The Hall–Kier alpha value is -2.14. The molecule has 1 aliphatic rings. The van der Waals surface area contributed by atoms with E-state index in [0.29, 0.717) is 6.42 Å². The van der Waals surface area contributed by atoms with Crippen molar-refractivity contribution < 1.29 is 13.2 Å². The van der Waals surface area contributed by atoms with Crippen LogP contribution in [0.15, 0.2) is 60.7 Å². The highest BCUT2D eigenvalue weighted by molar-refractivity contribution is 7.91. The van der Waals surface area contributed by atoms with Gasteiger partial charge in [0.15, 0.2) is 9.84 Å². The maximum Gasteiger partial charge on any atom is 0.227 e.